The summed E-state index contributed by atoms with van der Waals surface area (Å²) in [5.74, 6) is 0.555. The van der Waals surface area contributed by atoms with E-state index in [1.807, 2.05) is 38.1 Å². The summed E-state index contributed by atoms with van der Waals surface area (Å²) in [6, 6.07) is 24.5. The standard InChI is InChI=1S/C34H36N6O2S2/c1-19-5-9-27-29(13-19)39-33(37-27)43-17-31(41)35-25-11-7-23(15-21(25)3)24-8-12-26(22(4)16-24)36-32(42)18-44-34-38-28-10-6-20(2)14-30(28)40-34/h5-16,33-34,37-40H,17-18H2,1-4H3,(H,35,41)(H,36,42). The summed E-state index contributed by atoms with van der Waals surface area (Å²) in [7, 11) is 0. The molecule has 0 saturated carbocycles. The van der Waals surface area contributed by atoms with E-state index in [0.29, 0.717) is 11.5 Å². The van der Waals surface area contributed by atoms with E-state index >= 15 is 0 Å². The van der Waals surface area contributed by atoms with Crippen LogP contribution in [0.1, 0.15) is 22.3 Å². The van der Waals surface area contributed by atoms with Crippen molar-refractivity contribution >= 4 is 69.5 Å². The number of hydrogen-bond acceptors (Lipinski definition) is 8. The Kier molecular flexibility index (Phi) is 8.63. The summed E-state index contributed by atoms with van der Waals surface area (Å²) in [6.07, 6.45) is 0. The minimum absolute atomic E-state index is 0.0423. The van der Waals surface area contributed by atoms with Crippen LogP contribution in [0.25, 0.3) is 11.1 Å². The molecule has 0 spiro atoms. The van der Waals surface area contributed by atoms with Crippen LogP contribution in [0, 0.1) is 27.7 Å². The van der Waals surface area contributed by atoms with Gasteiger partial charge in [-0.3, -0.25) is 9.59 Å². The summed E-state index contributed by atoms with van der Waals surface area (Å²) < 4.78 is 0. The molecule has 2 unspecified atom stereocenters. The van der Waals surface area contributed by atoms with E-state index in [-0.39, 0.29) is 22.8 Å². The second-order valence-corrected chi connectivity index (χ2v) is 13.4. The van der Waals surface area contributed by atoms with Crippen LogP contribution in [-0.2, 0) is 9.59 Å². The molecule has 0 fully saturated rings. The fourth-order valence-corrected chi connectivity index (χ4v) is 6.89. The minimum atomic E-state index is -0.0465. The lowest BCUT2D eigenvalue weighted by Crippen LogP contribution is -2.22. The van der Waals surface area contributed by atoms with Crippen molar-refractivity contribution in [1.82, 2.24) is 0 Å². The number of thioether (sulfide) groups is 2. The van der Waals surface area contributed by atoms with Crippen LogP contribution in [0.2, 0.25) is 0 Å². The summed E-state index contributed by atoms with van der Waals surface area (Å²) in [4.78, 5) is 25.5. The zero-order valence-electron chi connectivity index (χ0n) is 25.1. The van der Waals surface area contributed by atoms with Gasteiger partial charge in [0.2, 0.25) is 11.8 Å². The van der Waals surface area contributed by atoms with Crippen LogP contribution >= 0.6 is 23.5 Å². The quantitative estimate of drug-likeness (QED) is 0.113. The third-order valence-electron chi connectivity index (χ3n) is 7.59. The molecule has 2 heterocycles. The first-order valence-electron chi connectivity index (χ1n) is 14.5. The molecule has 0 saturated heterocycles. The molecule has 4 aromatic rings. The lowest BCUT2D eigenvalue weighted by Gasteiger charge is -2.15. The van der Waals surface area contributed by atoms with Crippen molar-refractivity contribution in [2.45, 2.75) is 38.7 Å². The predicted octanol–water partition coefficient (Wildman–Crippen LogP) is 7.57. The Morgan fingerprint density at radius 3 is 1.39 bits per heavy atom. The van der Waals surface area contributed by atoms with E-state index in [4.69, 9.17) is 0 Å². The molecule has 2 aliphatic rings. The summed E-state index contributed by atoms with van der Waals surface area (Å²) in [6.45, 7) is 8.12. The average Bonchev–Trinajstić information content (AvgIpc) is 3.59. The van der Waals surface area contributed by atoms with Gasteiger partial charge in [-0.15, -0.1) is 23.5 Å². The number of benzene rings is 4. The smallest absolute Gasteiger partial charge is 0.234 e. The Balaban J connectivity index is 0.988. The first-order chi connectivity index (χ1) is 21.2. The van der Waals surface area contributed by atoms with E-state index in [0.717, 1.165) is 56.4 Å². The Hall–Kier alpha value is -4.28. The van der Waals surface area contributed by atoms with E-state index < -0.39 is 0 Å². The molecule has 2 amide bonds. The molecule has 10 heteroatoms. The fraction of sp³-hybridized carbons (Fsp3) is 0.235. The van der Waals surface area contributed by atoms with Crippen molar-refractivity contribution in [3.63, 3.8) is 0 Å². The van der Waals surface area contributed by atoms with Gasteiger partial charge >= 0.3 is 0 Å². The Labute approximate surface area is 266 Å². The van der Waals surface area contributed by atoms with E-state index in [2.05, 4.69) is 94.3 Å². The zero-order valence-corrected chi connectivity index (χ0v) is 26.8. The summed E-state index contributed by atoms with van der Waals surface area (Å²) in [5, 5.41) is 19.7. The zero-order chi connectivity index (χ0) is 30.8. The van der Waals surface area contributed by atoms with E-state index in [9.17, 15) is 9.59 Å². The van der Waals surface area contributed by atoms with Crippen molar-refractivity contribution in [2.24, 2.45) is 0 Å². The van der Waals surface area contributed by atoms with Gasteiger partial charge in [0.25, 0.3) is 0 Å². The number of amides is 2. The second kappa shape index (κ2) is 12.8. The van der Waals surface area contributed by atoms with E-state index in [1.54, 1.807) is 0 Å². The van der Waals surface area contributed by atoms with Gasteiger partial charge in [-0.1, -0.05) is 24.3 Å². The van der Waals surface area contributed by atoms with Crippen molar-refractivity contribution in [2.75, 3.05) is 43.4 Å². The number of rotatable bonds is 9. The van der Waals surface area contributed by atoms with Crippen molar-refractivity contribution in [3.05, 3.63) is 95.1 Å². The highest BCUT2D eigenvalue weighted by Gasteiger charge is 2.22. The Morgan fingerprint density at radius 1 is 0.568 bits per heavy atom. The van der Waals surface area contributed by atoms with Crippen molar-refractivity contribution in [1.29, 1.82) is 0 Å². The van der Waals surface area contributed by atoms with Gasteiger partial charge in [-0.25, -0.2) is 0 Å². The highest BCUT2D eigenvalue weighted by Crippen LogP contribution is 2.35. The number of carbonyl (C=O) groups is 2. The molecule has 4 aromatic carbocycles. The predicted molar refractivity (Wildman–Crippen MR) is 188 cm³/mol. The molecule has 44 heavy (non-hydrogen) atoms. The monoisotopic (exact) mass is 624 g/mol. The molecule has 0 aromatic heterocycles. The second-order valence-electron chi connectivity index (χ2n) is 11.2. The van der Waals surface area contributed by atoms with Crippen LogP contribution in [0.15, 0.2) is 72.8 Å². The summed E-state index contributed by atoms with van der Waals surface area (Å²) in [5.41, 5.74) is 12.2. The number of aryl methyl sites for hydroxylation is 4. The van der Waals surface area contributed by atoms with Gasteiger partial charge in [0.1, 0.15) is 11.0 Å². The third-order valence-corrected chi connectivity index (χ3v) is 9.59. The minimum Gasteiger partial charge on any atom is -0.355 e. The third kappa shape index (κ3) is 6.92. The van der Waals surface area contributed by atoms with Crippen LogP contribution in [0.3, 0.4) is 0 Å². The van der Waals surface area contributed by atoms with Gasteiger partial charge < -0.3 is 31.9 Å². The van der Waals surface area contributed by atoms with Crippen LogP contribution in [0.5, 0.6) is 0 Å². The normalized spacial score (nSPS) is 16.1. The number of nitrogens with one attached hydrogen (secondary N) is 6. The molecular weight excluding hydrogens is 589 g/mol. The highest BCUT2D eigenvalue weighted by molar-refractivity contribution is 8.01. The number of hydrogen-bond donors (Lipinski definition) is 6. The SMILES string of the molecule is Cc1ccc2c(c1)NC(SCC(=O)Nc1ccc(-c3ccc(NC(=O)CSC4Nc5ccc(C)cc5N4)c(C)c3)cc1C)N2. The van der Waals surface area contributed by atoms with E-state index in [1.165, 1.54) is 34.7 Å². The molecule has 226 valence electrons. The van der Waals surface area contributed by atoms with Gasteiger partial charge in [-0.2, -0.15) is 0 Å². The largest absolute Gasteiger partial charge is 0.355 e. The van der Waals surface area contributed by atoms with Gasteiger partial charge in [0.15, 0.2) is 0 Å². The van der Waals surface area contributed by atoms with Crippen LogP contribution in [0.4, 0.5) is 34.1 Å². The van der Waals surface area contributed by atoms with Gasteiger partial charge in [-0.05, 0) is 110 Å². The average molecular weight is 625 g/mol. The maximum Gasteiger partial charge on any atom is 0.234 e. The molecule has 6 N–H and O–H groups in total. The van der Waals surface area contributed by atoms with Crippen molar-refractivity contribution in [3.8, 4) is 11.1 Å². The number of anilines is 6. The molecule has 0 aliphatic carbocycles. The van der Waals surface area contributed by atoms with Crippen LogP contribution < -0.4 is 31.9 Å². The molecular formula is C34H36N6O2S2. The topological polar surface area (TPSA) is 106 Å². The first-order valence-corrected chi connectivity index (χ1v) is 16.6. The molecule has 0 radical (unpaired) electrons. The molecule has 2 atom stereocenters. The molecule has 6 rings (SSSR count). The Morgan fingerprint density at radius 2 is 0.977 bits per heavy atom. The number of carbonyl (C=O) groups excluding carboxylic acids is 2. The maximum atomic E-state index is 12.7. The van der Waals surface area contributed by atoms with Gasteiger partial charge in [0, 0.05) is 11.4 Å². The molecule has 2 aliphatic heterocycles. The highest BCUT2D eigenvalue weighted by atomic mass is 32.2. The lowest BCUT2D eigenvalue weighted by atomic mass is 10.00. The summed E-state index contributed by atoms with van der Waals surface area (Å²) >= 11 is 3.04. The maximum absolute atomic E-state index is 12.7. The lowest BCUT2D eigenvalue weighted by molar-refractivity contribution is -0.114. The Bertz CT molecular complexity index is 1620. The van der Waals surface area contributed by atoms with Crippen LogP contribution in [-0.4, -0.2) is 34.3 Å². The number of fused-ring (bicyclic) bond motifs is 2. The molecule has 0 bridgehead atoms. The fourth-order valence-electron chi connectivity index (χ4n) is 5.27. The van der Waals surface area contributed by atoms with Crippen molar-refractivity contribution < 1.29 is 9.59 Å². The van der Waals surface area contributed by atoms with Gasteiger partial charge in [0.05, 0.1) is 34.3 Å². The molecule has 8 nitrogen and oxygen atoms in total. The first kappa shape index (κ1) is 29.8.